The van der Waals surface area contributed by atoms with Gasteiger partial charge in [0.05, 0.1) is 18.8 Å². The van der Waals surface area contributed by atoms with Crippen molar-refractivity contribution in [1.82, 2.24) is 25.3 Å². The molecule has 2 N–H and O–H groups in total. The number of hydrogen-bond donors (Lipinski definition) is 2. The summed E-state index contributed by atoms with van der Waals surface area (Å²) >= 11 is 0. The van der Waals surface area contributed by atoms with Crippen LogP contribution in [-0.4, -0.2) is 41.3 Å². The van der Waals surface area contributed by atoms with Crippen molar-refractivity contribution >= 4 is 5.96 Å². The van der Waals surface area contributed by atoms with Crippen molar-refractivity contribution in [2.75, 3.05) is 20.6 Å². The molecule has 0 saturated heterocycles. The minimum absolute atomic E-state index is 0.656. The van der Waals surface area contributed by atoms with E-state index in [4.69, 9.17) is 0 Å². The number of rotatable bonds is 7. The quantitative estimate of drug-likeness (QED) is 0.600. The molecule has 0 fully saturated rings. The molecule has 2 aromatic rings. The molecule has 0 aliphatic heterocycles. The second-order valence-electron chi connectivity index (χ2n) is 6.05. The molecule has 0 aliphatic rings. The number of guanidine groups is 1. The van der Waals surface area contributed by atoms with Crippen LogP contribution in [0.3, 0.4) is 0 Å². The predicted molar refractivity (Wildman–Crippen MR) is 98.7 cm³/mol. The molecule has 130 valence electrons. The normalized spacial score (nSPS) is 11.8. The van der Waals surface area contributed by atoms with Crippen LogP contribution in [0, 0.1) is 0 Å². The minimum Gasteiger partial charge on any atom is -0.357 e. The van der Waals surface area contributed by atoms with E-state index >= 15 is 0 Å². The van der Waals surface area contributed by atoms with E-state index in [0.717, 1.165) is 24.7 Å². The summed E-state index contributed by atoms with van der Waals surface area (Å²) in [6.45, 7) is 5.21. The highest BCUT2D eigenvalue weighted by Gasteiger charge is 2.02. The number of benzene rings is 1. The first-order chi connectivity index (χ1) is 11.6. The van der Waals surface area contributed by atoms with Crippen LogP contribution in [0.25, 0.3) is 0 Å². The third-order valence-electron chi connectivity index (χ3n) is 3.65. The van der Waals surface area contributed by atoms with Crippen molar-refractivity contribution in [2.45, 2.75) is 26.6 Å². The van der Waals surface area contributed by atoms with Gasteiger partial charge in [0.1, 0.15) is 0 Å². The summed E-state index contributed by atoms with van der Waals surface area (Å²) in [6.07, 6.45) is 1.80. The zero-order chi connectivity index (χ0) is 17.4. The van der Waals surface area contributed by atoms with Gasteiger partial charge in [0.2, 0.25) is 0 Å². The summed E-state index contributed by atoms with van der Waals surface area (Å²) in [5, 5.41) is 10.8. The zero-order valence-corrected chi connectivity index (χ0v) is 15.1. The Morgan fingerprint density at radius 2 is 1.83 bits per heavy atom. The molecular formula is C18H28N6. The molecule has 0 unspecified atom stereocenters. The molecule has 1 aromatic carbocycles. The van der Waals surface area contributed by atoms with Gasteiger partial charge in [0.15, 0.2) is 5.96 Å². The molecule has 1 heterocycles. The molecule has 2 rings (SSSR count). The van der Waals surface area contributed by atoms with Gasteiger partial charge in [0, 0.05) is 26.3 Å². The fourth-order valence-electron chi connectivity index (χ4n) is 2.38. The smallest absolute Gasteiger partial charge is 0.191 e. The molecule has 0 amide bonds. The van der Waals surface area contributed by atoms with Gasteiger partial charge in [-0.1, -0.05) is 24.3 Å². The lowest BCUT2D eigenvalue weighted by Gasteiger charge is -2.12. The molecule has 6 heteroatoms. The predicted octanol–water partition coefficient (Wildman–Crippen LogP) is 1.74. The third-order valence-corrected chi connectivity index (χ3v) is 3.65. The number of aliphatic imine (C=N–C) groups is 1. The fourth-order valence-corrected chi connectivity index (χ4v) is 2.38. The molecule has 6 nitrogen and oxygen atoms in total. The summed E-state index contributed by atoms with van der Waals surface area (Å²) in [6, 6.07) is 10.6. The Kier molecular flexibility index (Phi) is 6.81. The van der Waals surface area contributed by atoms with Crippen LogP contribution < -0.4 is 10.6 Å². The fraction of sp³-hybridized carbons (Fsp3) is 0.444. The molecule has 0 spiro atoms. The molecule has 0 aliphatic carbocycles. The maximum absolute atomic E-state index is 4.66. The summed E-state index contributed by atoms with van der Waals surface area (Å²) in [5.74, 6) is 0.816. The number of nitrogens with zero attached hydrogens (tertiary/aromatic N) is 4. The lowest BCUT2D eigenvalue weighted by molar-refractivity contribution is 0.402. The molecule has 0 saturated carbocycles. The van der Waals surface area contributed by atoms with Crippen LogP contribution in [0.4, 0.5) is 0 Å². The van der Waals surface area contributed by atoms with E-state index in [9.17, 15) is 0 Å². The van der Waals surface area contributed by atoms with Crippen LogP contribution in [-0.2, 0) is 26.7 Å². The van der Waals surface area contributed by atoms with Gasteiger partial charge in [-0.15, -0.1) is 0 Å². The Morgan fingerprint density at radius 3 is 2.42 bits per heavy atom. The van der Waals surface area contributed by atoms with Gasteiger partial charge >= 0.3 is 0 Å². The Morgan fingerprint density at radius 1 is 1.12 bits per heavy atom. The summed E-state index contributed by atoms with van der Waals surface area (Å²) in [7, 11) is 6.10. The van der Waals surface area contributed by atoms with Crippen molar-refractivity contribution in [1.29, 1.82) is 0 Å². The monoisotopic (exact) mass is 328 g/mol. The molecule has 0 atom stereocenters. The van der Waals surface area contributed by atoms with Crippen LogP contribution in [0.2, 0.25) is 0 Å². The van der Waals surface area contributed by atoms with E-state index < -0.39 is 0 Å². The molecular weight excluding hydrogens is 300 g/mol. The highest BCUT2D eigenvalue weighted by Crippen LogP contribution is 2.07. The average Bonchev–Trinajstić information content (AvgIpc) is 2.96. The van der Waals surface area contributed by atoms with E-state index in [1.54, 1.807) is 6.20 Å². The first kappa shape index (κ1) is 18.0. The van der Waals surface area contributed by atoms with Gasteiger partial charge in [-0.05, 0) is 38.2 Å². The van der Waals surface area contributed by atoms with Gasteiger partial charge in [0.25, 0.3) is 0 Å². The van der Waals surface area contributed by atoms with Crippen molar-refractivity contribution in [3.05, 3.63) is 53.3 Å². The Hall–Kier alpha value is -2.34. The Labute approximate surface area is 144 Å². The summed E-state index contributed by atoms with van der Waals surface area (Å²) in [4.78, 5) is 6.82. The SMILES string of the molecule is CCNC(=NCc1ccc(CN(C)C)cc1)NCc1ccnn1C. The first-order valence-corrected chi connectivity index (χ1v) is 8.30. The molecule has 0 radical (unpaired) electrons. The maximum atomic E-state index is 4.66. The van der Waals surface area contributed by atoms with E-state index in [1.807, 2.05) is 17.8 Å². The molecule has 24 heavy (non-hydrogen) atoms. The van der Waals surface area contributed by atoms with Gasteiger partial charge in [-0.3, -0.25) is 4.68 Å². The lowest BCUT2D eigenvalue weighted by atomic mass is 10.1. The number of hydrogen-bond acceptors (Lipinski definition) is 3. The van der Waals surface area contributed by atoms with Crippen LogP contribution in [0.15, 0.2) is 41.5 Å². The number of nitrogens with one attached hydrogen (secondary N) is 2. The number of aromatic nitrogens is 2. The first-order valence-electron chi connectivity index (χ1n) is 8.30. The Balaban J connectivity index is 1.93. The number of aryl methyl sites for hydroxylation is 1. The second kappa shape index (κ2) is 9.08. The van der Waals surface area contributed by atoms with Gasteiger partial charge in [-0.2, -0.15) is 5.10 Å². The largest absolute Gasteiger partial charge is 0.357 e. The molecule has 1 aromatic heterocycles. The summed E-state index contributed by atoms with van der Waals surface area (Å²) in [5.41, 5.74) is 3.64. The van der Waals surface area contributed by atoms with Crippen molar-refractivity contribution in [2.24, 2.45) is 12.0 Å². The van der Waals surface area contributed by atoms with Crippen molar-refractivity contribution in [3.63, 3.8) is 0 Å². The highest BCUT2D eigenvalue weighted by atomic mass is 15.3. The maximum Gasteiger partial charge on any atom is 0.191 e. The lowest BCUT2D eigenvalue weighted by Crippen LogP contribution is -2.37. The molecule has 0 bridgehead atoms. The minimum atomic E-state index is 0.656. The van der Waals surface area contributed by atoms with E-state index in [-0.39, 0.29) is 0 Å². The van der Waals surface area contributed by atoms with Crippen LogP contribution >= 0.6 is 0 Å². The van der Waals surface area contributed by atoms with Gasteiger partial charge < -0.3 is 15.5 Å². The van der Waals surface area contributed by atoms with Crippen LogP contribution in [0.5, 0.6) is 0 Å². The highest BCUT2D eigenvalue weighted by molar-refractivity contribution is 5.79. The van der Waals surface area contributed by atoms with Crippen LogP contribution in [0.1, 0.15) is 23.7 Å². The van der Waals surface area contributed by atoms with Crippen molar-refractivity contribution < 1.29 is 0 Å². The average molecular weight is 328 g/mol. The topological polar surface area (TPSA) is 57.5 Å². The zero-order valence-electron chi connectivity index (χ0n) is 15.1. The van der Waals surface area contributed by atoms with Gasteiger partial charge in [-0.25, -0.2) is 4.99 Å². The summed E-state index contributed by atoms with van der Waals surface area (Å²) < 4.78 is 1.86. The Bertz CT molecular complexity index is 642. The second-order valence-corrected chi connectivity index (χ2v) is 6.05. The van der Waals surface area contributed by atoms with E-state index in [2.05, 4.69) is 70.9 Å². The van der Waals surface area contributed by atoms with E-state index in [0.29, 0.717) is 13.1 Å². The third kappa shape index (κ3) is 5.70. The van der Waals surface area contributed by atoms with Crippen molar-refractivity contribution in [3.8, 4) is 0 Å². The standard InChI is InChI=1S/C18H28N6/c1-5-19-18(21-13-17-10-11-22-24(17)4)20-12-15-6-8-16(9-7-15)14-23(2)3/h6-11H,5,12-14H2,1-4H3,(H2,19,20,21). The van der Waals surface area contributed by atoms with E-state index in [1.165, 1.54) is 11.1 Å².